The van der Waals surface area contributed by atoms with Gasteiger partial charge in [0.15, 0.2) is 0 Å². The lowest BCUT2D eigenvalue weighted by atomic mass is 9.86. The van der Waals surface area contributed by atoms with Crippen molar-refractivity contribution in [2.45, 2.75) is 50.9 Å². The maximum absolute atomic E-state index is 13.6. The molecule has 0 spiro atoms. The van der Waals surface area contributed by atoms with Crippen LogP contribution < -0.4 is 25.6 Å². The van der Waals surface area contributed by atoms with Gasteiger partial charge in [-0.15, -0.1) is 0 Å². The predicted octanol–water partition coefficient (Wildman–Crippen LogP) is 4.30. The third-order valence-electron chi connectivity index (χ3n) is 8.31. The topological polar surface area (TPSA) is 103 Å². The summed E-state index contributed by atoms with van der Waals surface area (Å²) in [6.07, 6.45) is 2.61. The van der Waals surface area contributed by atoms with E-state index in [0.29, 0.717) is 32.4 Å². The number of rotatable bonds is 6. The lowest BCUT2D eigenvalue weighted by molar-refractivity contribution is -0.135. The van der Waals surface area contributed by atoms with E-state index in [0.717, 1.165) is 46.4 Å². The molecule has 0 saturated carbocycles. The van der Waals surface area contributed by atoms with Gasteiger partial charge in [-0.05, 0) is 68.6 Å². The number of hydrogen-bond acceptors (Lipinski definition) is 6. The number of carbonyl (C=O) groups excluding carboxylic acids is 3. The fourth-order valence-electron chi connectivity index (χ4n) is 6.24. The summed E-state index contributed by atoms with van der Waals surface area (Å²) in [4.78, 5) is 42.6. The van der Waals surface area contributed by atoms with Gasteiger partial charge in [-0.2, -0.15) is 0 Å². The summed E-state index contributed by atoms with van der Waals surface area (Å²) in [7, 11) is 0. The van der Waals surface area contributed by atoms with Crippen LogP contribution >= 0.6 is 11.8 Å². The third kappa shape index (κ3) is 5.06. The van der Waals surface area contributed by atoms with Gasteiger partial charge in [0.1, 0.15) is 11.5 Å². The van der Waals surface area contributed by atoms with Crippen LogP contribution in [0, 0.1) is 18.8 Å². The minimum atomic E-state index is -0.183. The minimum Gasteiger partial charge on any atom is -0.457 e. The van der Waals surface area contributed by atoms with E-state index >= 15 is 0 Å². The van der Waals surface area contributed by atoms with Crippen LogP contribution in [0.3, 0.4) is 0 Å². The zero-order valence-electron chi connectivity index (χ0n) is 22.8. The van der Waals surface area contributed by atoms with Crippen molar-refractivity contribution in [1.29, 1.82) is 0 Å². The molecule has 0 aliphatic carbocycles. The number of urea groups is 1. The molecule has 0 aromatic heterocycles. The number of para-hydroxylation sites is 1. The number of anilines is 1. The highest BCUT2D eigenvalue weighted by Gasteiger charge is 2.51. The quantitative estimate of drug-likeness (QED) is 0.486. The second-order valence-electron chi connectivity index (χ2n) is 10.8. The van der Waals surface area contributed by atoms with Crippen molar-refractivity contribution in [1.82, 2.24) is 20.9 Å². The molecule has 3 fully saturated rings. The highest BCUT2D eigenvalue weighted by Crippen LogP contribution is 2.47. The molecular weight excluding hydrogens is 526 g/mol. The third-order valence-corrected chi connectivity index (χ3v) is 9.58. The first-order valence-corrected chi connectivity index (χ1v) is 15.0. The second-order valence-corrected chi connectivity index (χ2v) is 11.9. The fraction of sp³-hybridized carbons (Fsp3) is 0.433. The number of hydrogen-bond donors (Lipinski definition) is 3. The molecule has 9 nitrogen and oxygen atoms in total. The van der Waals surface area contributed by atoms with Crippen LogP contribution in [0.1, 0.15) is 38.2 Å². The van der Waals surface area contributed by atoms with Crippen LogP contribution in [0.15, 0.2) is 59.3 Å². The van der Waals surface area contributed by atoms with Crippen molar-refractivity contribution < 1.29 is 19.1 Å². The lowest BCUT2D eigenvalue weighted by Gasteiger charge is -2.46. The van der Waals surface area contributed by atoms with Crippen LogP contribution in [-0.2, 0) is 9.59 Å². The summed E-state index contributed by atoms with van der Waals surface area (Å²) in [5, 5.41) is 10.7. The SMILES string of the molecule is CCC(=O)N1CCC(C(=O)NC2=C3NC(=O)N(c4ccc(Oc5ccccc5)cc4C)C4CCNC(S2)C34)CC1. The Labute approximate surface area is 238 Å². The molecule has 4 heterocycles. The Morgan fingerprint density at radius 3 is 2.58 bits per heavy atom. The molecule has 210 valence electrons. The second kappa shape index (κ2) is 11.2. The number of nitrogens with one attached hydrogen (secondary N) is 3. The summed E-state index contributed by atoms with van der Waals surface area (Å²) in [6.45, 7) is 5.87. The van der Waals surface area contributed by atoms with Crippen LogP contribution in [0.2, 0.25) is 0 Å². The van der Waals surface area contributed by atoms with E-state index in [-0.39, 0.29) is 41.1 Å². The first kappa shape index (κ1) is 26.7. The Kier molecular flexibility index (Phi) is 7.46. The van der Waals surface area contributed by atoms with Gasteiger partial charge in [0, 0.05) is 37.0 Å². The molecule has 3 N–H and O–H groups in total. The monoisotopic (exact) mass is 561 g/mol. The number of benzene rings is 2. The summed E-state index contributed by atoms with van der Waals surface area (Å²) < 4.78 is 6.00. The number of thioether (sulfide) groups is 1. The number of carbonyl (C=O) groups is 3. The molecule has 6 rings (SSSR count). The number of piperidine rings is 2. The van der Waals surface area contributed by atoms with Gasteiger partial charge in [0.05, 0.1) is 22.1 Å². The van der Waals surface area contributed by atoms with Crippen LogP contribution in [0.4, 0.5) is 10.5 Å². The maximum Gasteiger partial charge on any atom is 0.326 e. The highest BCUT2D eigenvalue weighted by atomic mass is 32.2. The molecule has 3 saturated heterocycles. The lowest BCUT2D eigenvalue weighted by Crippen LogP contribution is -2.62. The highest BCUT2D eigenvalue weighted by molar-refractivity contribution is 8.03. The number of nitrogens with zero attached hydrogens (tertiary/aromatic N) is 2. The Balaban J connectivity index is 1.18. The van der Waals surface area contributed by atoms with E-state index < -0.39 is 0 Å². The van der Waals surface area contributed by atoms with Crippen molar-refractivity contribution in [3.8, 4) is 11.5 Å². The Hall–Kier alpha value is -3.50. The minimum absolute atomic E-state index is 0.0280. The number of likely N-dealkylation sites (tertiary alicyclic amines) is 1. The number of ether oxygens (including phenoxy) is 1. The van der Waals surface area contributed by atoms with E-state index in [1.165, 1.54) is 0 Å². The van der Waals surface area contributed by atoms with Gasteiger partial charge in [-0.1, -0.05) is 36.9 Å². The smallest absolute Gasteiger partial charge is 0.326 e. The van der Waals surface area contributed by atoms with Gasteiger partial charge in [-0.3, -0.25) is 14.5 Å². The molecule has 3 atom stereocenters. The number of amides is 4. The maximum atomic E-state index is 13.6. The first-order chi connectivity index (χ1) is 19.4. The molecule has 10 heteroatoms. The average molecular weight is 562 g/mol. The van der Waals surface area contributed by atoms with Crippen LogP contribution in [0.5, 0.6) is 11.5 Å². The normalized spacial score (nSPS) is 24.4. The standard InChI is InChI=1S/C30H35N5O4S/c1-3-24(36)34-15-12-19(13-16-34)27(37)33-29-26-25-23(11-14-31-28(25)40-29)35(30(38)32-26)22-10-9-21(17-18(22)2)39-20-7-5-4-6-8-20/h4-10,17,19,23,25,28,31H,3,11-16H2,1-2H3,(H,32,38)(H,33,37). The summed E-state index contributed by atoms with van der Waals surface area (Å²) in [6, 6.07) is 15.3. The van der Waals surface area contributed by atoms with E-state index in [9.17, 15) is 14.4 Å². The van der Waals surface area contributed by atoms with Crippen LogP contribution in [-0.4, -0.2) is 53.8 Å². The zero-order chi connectivity index (χ0) is 27.8. The molecule has 2 aromatic rings. The van der Waals surface area contributed by atoms with E-state index in [1.54, 1.807) is 11.8 Å². The summed E-state index contributed by atoms with van der Waals surface area (Å²) in [5.74, 6) is 1.49. The molecular formula is C30H35N5O4S. The van der Waals surface area contributed by atoms with E-state index in [1.807, 2.05) is 72.2 Å². The molecule has 2 aromatic carbocycles. The Morgan fingerprint density at radius 2 is 1.85 bits per heavy atom. The van der Waals surface area contributed by atoms with Crippen LogP contribution in [0.25, 0.3) is 0 Å². The van der Waals surface area contributed by atoms with E-state index in [4.69, 9.17) is 4.74 Å². The van der Waals surface area contributed by atoms with Gasteiger partial charge < -0.3 is 25.6 Å². The van der Waals surface area contributed by atoms with Crippen molar-refractivity contribution in [2.75, 3.05) is 24.5 Å². The summed E-state index contributed by atoms with van der Waals surface area (Å²) in [5.41, 5.74) is 2.62. The molecule has 3 unspecified atom stereocenters. The van der Waals surface area contributed by atoms with Crippen molar-refractivity contribution >= 4 is 35.3 Å². The van der Waals surface area contributed by atoms with E-state index in [2.05, 4.69) is 16.0 Å². The predicted molar refractivity (Wildman–Crippen MR) is 155 cm³/mol. The largest absolute Gasteiger partial charge is 0.457 e. The molecule has 4 aliphatic rings. The zero-order valence-corrected chi connectivity index (χ0v) is 23.6. The van der Waals surface area contributed by atoms with Crippen molar-refractivity contribution in [3.63, 3.8) is 0 Å². The molecule has 4 aliphatic heterocycles. The Morgan fingerprint density at radius 1 is 1.07 bits per heavy atom. The van der Waals surface area contributed by atoms with Gasteiger partial charge >= 0.3 is 6.03 Å². The molecule has 0 bridgehead atoms. The molecule has 4 amide bonds. The first-order valence-electron chi connectivity index (χ1n) is 14.1. The van der Waals surface area contributed by atoms with Crippen molar-refractivity contribution in [3.05, 3.63) is 64.8 Å². The van der Waals surface area contributed by atoms with Gasteiger partial charge in [0.2, 0.25) is 11.8 Å². The fourth-order valence-corrected chi connectivity index (χ4v) is 7.63. The summed E-state index contributed by atoms with van der Waals surface area (Å²) >= 11 is 1.59. The number of aryl methyl sites for hydroxylation is 1. The van der Waals surface area contributed by atoms with Gasteiger partial charge in [0.25, 0.3) is 0 Å². The molecule has 0 radical (unpaired) electrons. The van der Waals surface area contributed by atoms with Gasteiger partial charge in [-0.25, -0.2) is 4.79 Å². The Bertz CT molecular complexity index is 1340. The van der Waals surface area contributed by atoms with Crippen molar-refractivity contribution in [2.24, 2.45) is 11.8 Å². The average Bonchev–Trinajstić information content (AvgIpc) is 3.31. The molecule has 40 heavy (non-hydrogen) atoms.